The number of nitrogens with zero attached hydrogens (tertiary/aromatic N) is 2. The first-order chi connectivity index (χ1) is 11.1. The zero-order valence-electron chi connectivity index (χ0n) is 13.3. The minimum atomic E-state index is -0.255. The second-order valence-corrected chi connectivity index (χ2v) is 5.58. The van der Waals surface area contributed by atoms with Crippen molar-refractivity contribution in [3.8, 4) is 5.75 Å². The van der Waals surface area contributed by atoms with Crippen LogP contribution >= 0.6 is 0 Å². The van der Waals surface area contributed by atoms with E-state index in [0.717, 1.165) is 28.3 Å². The molecule has 1 aliphatic heterocycles. The molecule has 1 atom stereocenters. The smallest absolute Gasteiger partial charge is 0.123 e. The predicted molar refractivity (Wildman–Crippen MR) is 91.1 cm³/mol. The maximum absolute atomic E-state index is 13.2. The van der Waals surface area contributed by atoms with Crippen LogP contribution in [-0.4, -0.2) is 39.0 Å². The molecule has 0 radical (unpaired) electrons. The SMILES string of the molecule is COc1ccc2c(c1)N(C)C(CN)CN=C2c1ccc(F)cc1. The van der Waals surface area contributed by atoms with Gasteiger partial charge >= 0.3 is 0 Å². The average Bonchev–Trinajstić information content (AvgIpc) is 2.72. The number of rotatable bonds is 3. The number of anilines is 1. The number of hydrogen-bond acceptors (Lipinski definition) is 4. The maximum atomic E-state index is 13.2. The lowest BCUT2D eigenvalue weighted by Gasteiger charge is -2.27. The van der Waals surface area contributed by atoms with Gasteiger partial charge in [-0.15, -0.1) is 0 Å². The van der Waals surface area contributed by atoms with Crippen molar-refractivity contribution in [2.24, 2.45) is 10.7 Å². The molecule has 1 aliphatic rings. The minimum Gasteiger partial charge on any atom is -0.497 e. The number of aliphatic imine (C=N–C) groups is 1. The van der Waals surface area contributed by atoms with E-state index in [1.54, 1.807) is 19.2 Å². The van der Waals surface area contributed by atoms with Crippen LogP contribution in [0.1, 0.15) is 11.1 Å². The molecule has 0 spiro atoms. The average molecular weight is 313 g/mol. The molecule has 120 valence electrons. The van der Waals surface area contributed by atoms with Crippen LogP contribution in [0, 0.1) is 5.82 Å². The van der Waals surface area contributed by atoms with Gasteiger partial charge in [0.1, 0.15) is 11.6 Å². The fraction of sp³-hybridized carbons (Fsp3) is 0.278. The normalized spacial score (nSPS) is 17.3. The van der Waals surface area contributed by atoms with Gasteiger partial charge in [-0.05, 0) is 36.4 Å². The molecule has 23 heavy (non-hydrogen) atoms. The first-order valence-electron chi connectivity index (χ1n) is 7.55. The van der Waals surface area contributed by atoms with Gasteiger partial charge in [0.2, 0.25) is 0 Å². The Balaban J connectivity index is 2.15. The van der Waals surface area contributed by atoms with E-state index in [1.165, 1.54) is 12.1 Å². The van der Waals surface area contributed by atoms with Crippen LogP contribution in [0.5, 0.6) is 5.75 Å². The number of benzene rings is 2. The number of halogens is 1. The maximum Gasteiger partial charge on any atom is 0.123 e. The molecule has 0 aliphatic carbocycles. The molecule has 0 saturated heterocycles. The molecule has 1 unspecified atom stereocenters. The molecule has 5 heteroatoms. The van der Waals surface area contributed by atoms with Crippen LogP contribution in [0.25, 0.3) is 0 Å². The third-order valence-electron chi connectivity index (χ3n) is 4.24. The van der Waals surface area contributed by atoms with E-state index >= 15 is 0 Å². The molecule has 3 rings (SSSR count). The van der Waals surface area contributed by atoms with Crippen LogP contribution in [0.2, 0.25) is 0 Å². The third-order valence-corrected chi connectivity index (χ3v) is 4.24. The number of hydrogen-bond donors (Lipinski definition) is 1. The molecule has 0 saturated carbocycles. The van der Waals surface area contributed by atoms with Crippen LogP contribution in [-0.2, 0) is 0 Å². The minimum absolute atomic E-state index is 0.110. The topological polar surface area (TPSA) is 50.9 Å². The van der Waals surface area contributed by atoms with Crippen LogP contribution in [0.15, 0.2) is 47.5 Å². The van der Waals surface area contributed by atoms with Crippen LogP contribution < -0.4 is 15.4 Å². The summed E-state index contributed by atoms with van der Waals surface area (Å²) in [4.78, 5) is 6.89. The highest BCUT2D eigenvalue weighted by molar-refractivity contribution is 6.16. The first-order valence-corrected chi connectivity index (χ1v) is 7.55. The highest BCUT2D eigenvalue weighted by atomic mass is 19.1. The van der Waals surface area contributed by atoms with Gasteiger partial charge in [-0.1, -0.05) is 0 Å². The van der Waals surface area contributed by atoms with Gasteiger partial charge < -0.3 is 15.4 Å². The van der Waals surface area contributed by atoms with E-state index < -0.39 is 0 Å². The number of ether oxygens (including phenoxy) is 1. The fourth-order valence-corrected chi connectivity index (χ4v) is 2.82. The Labute approximate surface area is 135 Å². The second-order valence-electron chi connectivity index (χ2n) is 5.58. The molecule has 0 fully saturated rings. The summed E-state index contributed by atoms with van der Waals surface area (Å²) in [5.74, 6) is 0.529. The van der Waals surface area contributed by atoms with Crippen molar-refractivity contribution < 1.29 is 9.13 Å². The lowest BCUT2D eigenvalue weighted by molar-refractivity contribution is 0.414. The van der Waals surface area contributed by atoms with Crippen molar-refractivity contribution in [1.29, 1.82) is 0 Å². The van der Waals surface area contributed by atoms with E-state index in [4.69, 9.17) is 15.5 Å². The van der Waals surface area contributed by atoms with Crippen LogP contribution in [0.3, 0.4) is 0 Å². The molecule has 0 bridgehead atoms. The molecule has 0 amide bonds. The van der Waals surface area contributed by atoms with Gasteiger partial charge in [0.05, 0.1) is 25.4 Å². The summed E-state index contributed by atoms with van der Waals surface area (Å²) in [6, 6.07) is 12.4. The van der Waals surface area contributed by atoms with E-state index in [0.29, 0.717) is 13.1 Å². The summed E-state index contributed by atoms with van der Waals surface area (Å²) in [5.41, 5.74) is 9.66. The van der Waals surface area contributed by atoms with Gasteiger partial charge in [0, 0.05) is 36.5 Å². The monoisotopic (exact) mass is 313 g/mol. The van der Waals surface area contributed by atoms with Gasteiger partial charge in [0.25, 0.3) is 0 Å². The predicted octanol–water partition coefficient (Wildman–Crippen LogP) is 2.45. The number of likely N-dealkylation sites (N-methyl/N-ethyl adjacent to an activating group) is 1. The molecule has 2 aromatic rings. The third kappa shape index (κ3) is 2.92. The van der Waals surface area contributed by atoms with E-state index in [1.807, 2.05) is 25.2 Å². The summed E-state index contributed by atoms with van der Waals surface area (Å²) in [7, 11) is 3.66. The number of methoxy groups -OCH3 is 1. The van der Waals surface area contributed by atoms with Crippen molar-refractivity contribution in [1.82, 2.24) is 0 Å². The lowest BCUT2D eigenvalue weighted by Crippen LogP contribution is -2.39. The van der Waals surface area contributed by atoms with E-state index in [2.05, 4.69) is 4.90 Å². The molecule has 2 N–H and O–H groups in total. The molecular weight excluding hydrogens is 293 g/mol. The Morgan fingerprint density at radius 1 is 1.26 bits per heavy atom. The van der Waals surface area contributed by atoms with Crippen molar-refractivity contribution in [2.75, 3.05) is 32.1 Å². The van der Waals surface area contributed by atoms with Crippen molar-refractivity contribution in [3.05, 3.63) is 59.4 Å². The largest absolute Gasteiger partial charge is 0.497 e. The number of fused-ring (bicyclic) bond motifs is 1. The lowest BCUT2D eigenvalue weighted by atomic mass is 10.00. The molecule has 4 nitrogen and oxygen atoms in total. The number of nitrogens with two attached hydrogens (primary N) is 1. The Bertz CT molecular complexity index is 728. The van der Waals surface area contributed by atoms with Crippen LogP contribution in [0.4, 0.5) is 10.1 Å². The first kappa shape index (κ1) is 15.5. The summed E-state index contributed by atoms with van der Waals surface area (Å²) in [5, 5.41) is 0. The number of benzodiazepines with no additional fused rings is 1. The van der Waals surface area contributed by atoms with Crippen molar-refractivity contribution in [2.45, 2.75) is 6.04 Å². The van der Waals surface area contributed by atoms with E-state index in [9.17, 15) is 4.39 Å². The van der Waals surface area contributed by atoms with Gasteiger partial charge in [-0.25, -0.2) is 4.39 Å². The summed E-state index contributed by atoms with van der Waals surface area (Å²) < 4.78 is 18.6. The van der Waals surface area contributed by atoms with Gasteiger partial charge in [0.15, 0.2) is 0 Å². The van der Waals surface area contributed by atoms with E-state index in [-0.39, 0.29) is 11.9 Å². The highest BCUT2D eigenvalue weighted by Gasteiger charge is 2.24. The molecule has 0 aromatic heterocycles. The van der Waals surface area contributed by atoms with Gasteiger partial charge in [-0.3, -0.25) is 4.99 Å². The van der Waals surface area contributed by atoms with Gasteiger partial charge in [-0.2, -0.15) is 0 Å². The Morgan fingerprint density at radius 2 is 2.00 bits per heavy atom. The molecular formula is C18H20FN3O. The standard InChI is InChI=1S/C18H20FN3O/c1-22-14(10-20)11-21-18(12-3-5-13(19)6-4-12)16-8-7-15(23-2)9-17(16)22/h3-9,14H,10-11,20H2,1-2H3. The summed E-state index contributed by atoms with van der Waals surface area (Å²) >= 11 is 0. The fourth-order valence-electron chi connectivity index (χ4n) is 2.82. The molecule has 1 heterocycles. The van der Waals surface area contributed by atoms with Crippen molar-refractivity contribution in [3.63, 3.8) is 0 Å². The zero-order chi connectivity index (χ0) is 16.4. The van der Waals surface area contributed by atoms with Crippen molar-refractivity contribution >= 4 is 11.4 Å². The Morgan fingerprint density at radius 3 is 2.65 bits per heavy atom. The molecule has 2 aromatic carbocycles. The zero-order valence-corrected chi connectivity index (χ0v) is 13.3. The Kier molecular flexibility index (Phi) is 4.30. The second kappa shape index (κ2) is 6.38. The Hall–Kier alpha value is -2.40. The quantitative estimate of drug-likeness (QED) is 0.947. The highest BCUT2D eigenvalue weighted by Crippen LogP contribution is 2.31. The summed E-state index contributed by atoms with van der Waals surface area (Å²) in [6.07, 6.45) is 0. The summed E-state index contributed by atoms with van der Waals surface area (Å²) in [6.45, 7) is 1.10.